The number of hydrogen-bond donors (Lipinski definition) is 1. The summed E-state index contributed by atoms with van der Waals surface area (Å²) in [6.45, 7) is 4.52. The number of hydrogen-bond acceptors (Lipinski definition) is 5. The highest BCUT2D eigenvalue weighted by atomic mass is 32.2. The fourth-order valence-electron chi connectivity index (χ4n) is 2.55. The molecular formula is C20H22N2O3S2. The smallest absolute Gasteiger partial charge is 0.262 e. The first-order valence-corrected chi connectivity index (χ1v) is 11.1. The first-order valence-electron chi connectivity index (χ1n) is 8.71. The molecule has 0 aliphatic rings. The lowest BCUT2D eigenvalue weighted by atomic mass is 9.99. The lowest BCUT2D eigenvalue weighted by molar-refractivity contribution is 0.304. The second kappa shape index (κ2) is 8.54. The summed E-state index contributed by atoms with van der Waals surface area (Å²) in [5, 5.41) is 1.89. The number of aromatic nitrogens is 1. The zero-order valence-corrected chi connectivity index (χ0v) is 16.9. The Morgan fingerprint density at radius 3 is 2.56 bits per heavy atom. The van der Waals surface area contributed by atoms with E-state index < -0.39 is 10.0 Å². The van der Waals surface area contributed by atoms with Crippen LogP contribution in [0.5, 0.6) is 5.75 Å². The van der Waals surface area contributed by atoms with Crippen LogP contribution in [0.15, 0.2) is 64.3 Å². The molecule has 0 saturated carbocycles. The van der Waals surface area contributed by atoms with Gasteiger partial charge in [0.1, 0.15) is 12.4 Å². The van der Waals surface area contributed by atoms with Crippen molar-refractivity contribution in [1.29, 1.82) is 0 Å². The standard InChI is InChI=1S/C20H22N2O3S2/c1-3-15(2)16-8-10-18(11-9-16)27(23,24)22-19-6-4-5-7-20(19)25-12-17-13-26-14-21-17/h4-11,13-15,22H,3,12H2,1-2H3/t15-/m0/s1. The molecular weight excluding hydrogens is 380 g/mol. The van der Waals surface area contributed by atoms with Crippen molar-refractivity contribution in [2.24, 2.45) is 0 Å². The maximum absolute atomic E-state index is 12.8. The van der Waals surface area contributed by atoms with Crippen LogP contribution in [0, 0.1) is 0 Å². The third-order valence-corrected chi connectivity index (χ3v) is 6.38. The molecule has 1 aromatic heterocycles. The monoisotopic (exact) mass is 402 g/mol. The summed E-state index contributed by atoms with van der Waals surface area (Å²) in [5.41, 5.74) is 4.07. The molecule has 1 atom stereocenters. The molecule has 1 heterocycles. The normalized spacial score (nSPS) is 12.5. The van der Waals surface area contributed by atoms with E-state index in [9.17, 15) is 8.42 Å². The fourth-order valence-corrected chi connectivity index (χ4v) is 4.17. The quantitative estimate of drug-likeness (QED) is 0.573. The van der Waals surface area contributed by atoms with Crippen molar-refractivity contribution in [2.45, 2.75) is 37.7 Å². The van der Waals surface area contributed by atoms with Crippen molar-refractivity contribution < 1.29 is 13.2 Å². The summed E-state index contributed by atoms with van der Waals surface area (Å²) >= 11 is 1.49. The molecule has 142 valence electrons. The van der Waals surface area contributed by atoms with Crippen LogP contribution in [0.1, 0.15) is 37.4 Å². The Hall–Kier alpha value is -2.38. The Kier molecular flexibility index (Phi) is 6.13. The van der Waals surface area contributed by atoms with Crippen LogP contribution in [-0.4, -0.2) is 13.4 Å². The predicted molar refractivity (Wildman–Crippen MR) is 109 cm³/mol. The summed E-state index contributed by atoms with van der Waals surface area (Å²) in [6.07, 6.45) is 1.01. The summed E-state index contributed by atoms with van der Waals surface area (Å²) in [4.78, 5) is 4.39. The van der Waals surface area contributed by atoms with Crippen LogP contribution in [0.4, 0.5) is 5.69 Å². The predicted octanol–water partition coefficient (Wildman–Crippen LogP) is 5.04. The lowest BCUT2D eigenvalue weighted by Crippen LogP contribution is -2.14. The maximum Gasteiger partial charge on any atom is 0.262 e. The van der Waals surface area contributed by atoms with Gasteiger partial charge in [-0.1, -0.05) is 38.1 Å². The van der Waals surface area contributed by atoms with Crippen LogP contribution >= 0.6 is 11.3 Å². The Morgan fingerprint density at radius 2 is 1.89 bits per heavy atom. The summed E-state index contributed by atoms with van der Waals surface area (Å²) in [7, 11) is -3.70. The Morgan fingerprint density at radius 1 is 1.15 bits per heavy atom. The Balaban J connectivity index is 1.77. The van der Waals surface area contributed by atoms with Gasteiger partial charge in [-0.15, -0.1) is 11.3 Å². The highest BCUT2D eigenvalue weighted by molar-refractivity contribution is 7.92. The van der Waals surface area contributed by atoms with Gasteiger partial charge < -0.3 is 4.74 Å². The number of nitrogens with one attached hydrogen (secondary N) is 1. The first kappa shape index (κ1) is 19.4. The molecule has 5 nitrogen and oxygen atoms in total. The van der Waals surface area contributed by atoms with Gasteiger partial charge in [0, 0.05) is 5.38 Å². The van der Waals surface area contributed by atoms with Crippen LogP contribution in [0.3, 0.4) is 0 Å². The van der Waals surface area contributed by atoms with Crippen LogP contribution < -0.4 is 9.46 Å². The van der Waals surface area contributed by atoms with Crippen molar-refractivity contribution in [1.82, 2.24) is 4.98 Å². The number of para-hydroxylation sites is 2. The molecule has 0 amide bonds. The molecule has 0 aliphatic heterocycles. The van der Waals surface area contributed by atoms with Crippen molar-refractivity contribution in [2.75, 3.05) is 4.72 Å². The first-order chi connectivity index (χ1) is 13.0. The van der Waals surface area contributed by atoms with Crippen molar-refractivity contribution in [3.05, 3.63) is 70.7 Å². The molecule has 0 bridgehead atoms. The van der Waals surface area contributed by atoms with Gasteiger partial charge in [-0.3, -0.25) is 4.72 Å². The van der Waals surface area contributed by atoms with Crippen LogP contribution in [0.25, 0.3) is 0 Å². The van der Waals surface area contributed by atoms with E-state index in [0.717, 1.165) is 17.7 Å². The molecule has 3 rings (SSSR count). The molecule has 0 saturated heterocycles. The van der Waals surface area contributed by atoms with Gasteiger partial charge in [0.25, 0.3) is 10.0 Å². The summed E-state index contributed by atoms with van der Waals surface area (Å²) in [6, 6.07) is 14.0. The number of benzene rings is 2. The Labute approximate surface area is 164 Å². The zero-order chi connectivity index (χ0) is 19.3. The number of sulfonamides is 1. The van der Waals surface area contributed by atoms with E-state index in [1.165, 1.54) is 11.3 Å². The molecule has 2 aromatic carbocycles. The second-order valence-electron chi connectivity index (χ2n) is 6.25. The van der Waals surface area contributed by atoms with E-state index >= 15 is 0 Å². The van der Waals surface area contributed by atoms with E-state index in [1.807, 2.05) is 17.5 Å². The average molecular weight is 403 g/mol. The number of thiazole rings is 1. The van der Waals surface area contributed by atoms with Crippen molar-refractivity contribution in [3.8, 4) is 5.75 Å². The summed E-state index contributed by atoms with van der Waals surface area (Å²) in [5.74, 6) is 0.861. The third kappa shape index (κ3) is 4.87. The molecule has 1 N–H and O–H groups in total. The molecule has 7 heteroatoms. The molecule has 0 unspecified atom stereocenters. The minimum atomic E-state index is -3.70. The third-order valence-electron chi connectivity index (χ3n) is 4.36. The van der Waals surface area contributed by atoms with Gasteiger partial charge in [0.15, 0.2) is 0 Å². The van der Waals surface area contributed by atoms with Crippen LogP contribution in [-0.2, 0) is 16.6 Å². The highest BCUT2D eigenvalue weighted by Crippen LogP contribution is 2.28. The van der Waals surface area contributed by atoms with E-state index in [-0.39, 0.29) is 11.5 Å². The van der Waals surface area contributed by atoms with E-state index in [1.54, 1.807) is 41.9 Å². The highest BCUT2D eigenvalue weighted by Gasteiger charge is 2.17. The minimum Gasteiger partial charge on any atom is -0.485 e. The van der Waals surface area contributed by atoms with Gasteiger partial charge in [-0.25, -0.2) is 13.4 Å². The SMILES string of the molecule is CC[C@H](C)c1ccc(S(=O)(=O)Nc2ccccc2OCc2cscn2)cc1. The van der Waals surface area contributed by atoms with Gasteiger partial charge >= 0.3 is 0 Å². The minimum absolute atomic E-state index is 0.226. The van der Waals surface area contributed by atoms with Gasteiger partial charge in [-0.2, -0.15) is 0 Å². The van der Waals surface area contributed by atoms with E-state index in [0.29, 0.717) is 17.4 Å². The molecule has 0 fully saturated rings. The van der Waals surface area contributed by atoms with Crippen molar-refractivity contribution in [3.63, 3.8) is 0 Å². The average Bonchev–Trinajstić information content (AvgIpc) is 3.20. The Bertz CT molecular complexity index is 969. The number of rotatable bonds is 8. The molecule has 0 spiro atoms. The lowest BCUT2D eigenvalue weighted by Gasteiger charge is -2.14. The zero-order valence-electron chi connectivity index (χ0n) is 15.3. The molecule has 3 aromatic rings. The number of anilines is 1. The fraction of sp³-hybridized carbons (Fsp3) is 0.250. The molecule has 27 heavy (non-hydrogen) atoms. The van der Waals surface area contributed by atoms with Crippen LogP contribution in [0.2, 0.25) is 0 Å². The van der Waals surface area contributed by atoms with Gasteiger partial charge in [-0.05, 0) is 42.2 Å². The number of nitrogens with zero attached hydrogens (tertiary/aromatic N) is 1. The second-order valence-corrected chi connectivity index (χ2v) is 8.65. The number of ether oxygens (including phenoxy) is 1. The van der Waals surface area contributed by atoms with Crippen molar-refractivity contribution >= 4 is 27.0 Å². The van der Waals surface area contributed by atoms with E-state index in [2.05, 4.69) is 23.6 Å². The van der Waals surface area contributed by atoms with E-state index in [4.69, 9.17) is 4.74 Å². The molecule has 0 radical (unpaired) electrons. The summed E-state index contributed by atoms with van der Waals surface area (Å²) < 4.78 is 33.9. The van der Waals surface area contributed by atoms with Gasteiger partial charge in [0.05, 0.1) is 21.8 Å². The van der Waals surface area contributed by atoms with Gasteiger partial charge in [0.2, 0.25) is 0 Å². The maximum atomic E-state index is 12.8. The largest absolute Gasteiger partial charge is 0.485 e. The topological polar surface area (TPSA) is 68.3 Å². The molecule has 0 aliphatic carbocycles.